The van der Waals surface area contributed by atoms with Crippen molar-refractivity contribution < 1.29 is 23.1 Å². The minimum absolute atomic E-state index is 0.0200. The fourth-order valence-corrected chi connectivity index (χ4v) is 4.71. The van der Waals surface area contributed by atoms with Crippen molar-refractivity contribution in [2.45, 2.75) is 19.5 Å². The first-order valence-corrected chi connectivity index (χ1v) is 10.2. The molecule has 2 aromatic rings. The number of rotatable bonds is 3. The molecule has 2 saturated heterocycles. The number of benzene rings is 1. The fourth-order valence-electron chi connectivity index (χ4n) is 4.71. The molecule has 0 bridgehead atoms. The van der Waals surface area contributed by atoms with Gasteiger partial charge in [-0.2, -0.15) is 18.4 Å². The molecule has 0 unspecified atom stereocenters. The van der Waals surface area contributed by atoms with E-state index in [1.165, 1.54) is 24.5 Å². The maximum absolute atomic E-state index is 13.4. The number of anilines is 1. The number of aliphatic hydroxyl groups is 1. The number of nitriles is 1. The van der Waals surface area contributed by atoms with Crippen LogP contribution in [0.4, 0.5) is 18.9 Å². The third-order valence-corrected chi connectivity index (χ3v) is 6.46. The molecule has 2 aliphatic heterocycles. The van der Waals surface area contributed by atoms with E-state index in [0.717, 1.165) is 6.07 Å². The van der Waals surface area contributed by atoms with Crippen LogP contribution in [-0.4, -0.2) is 58.7 Å². The van der Waals surface area contributed by atoms with Gasteiger partial charge in [-0.1, -0.05) is 0 Å². The number of fused-ring (bicyclic) bond motifs is 1. The van der Waals surface area contributed by atoms with E-state index >= 15 is 0 Å². The molecule has 0 radical (unpaired) electrons. The summed E-state index contributed by atoms with van der Waals surface area (Å²) in [5.74, 6) is -0.254. The zero-order chi connectivity index (χ0) is 23.1. The lowest BCUT2D eigenvalue weighted by Crippen LogP contribution is -2.51. The Kier molecular flexibility index (Phi) is 5.54. The van der Waals surface area contributed by atoms with E-state index in [2.05, 4.69) is 9.97 Å². The van der Waals surface area contributed by atoms with Crippen LogP contribution < -0.4 is 4.90 Å². The highest BCUT2D eigenvalue weighted by Crippen LogP contribution is 2.44. The molecule has 7 nitrogen and oxygen atoms in total. The lowest BCUT2D eigenvalue weighted by molar-refractivity contribution is -0.137. The van der Waals surface area contributed by atoms with Crippen molar-refractivity contribution in [2.24, 2.45) is 11.3 Å². The summed E-state index contributed by atoms with van der Waals surface area (Å²) in [7, 11) is 0. The number of halogens is 3. The molecule has 1 N–H and O–H groups in total. The fraction of sp³-hybridized carbons (Fsp3) is 0.455. The molecule has 0 aliphatic carbocycles. The third kappa shape index (κ3) is 3.88. The summed E-state index contributed by atoms with van der Waals surface area (Å²) in [5, 5.41) is 19.3. The molecule has 2 fully saturated rings. The number of hydrogen-bond acceptors (Lipinski definition) is 6. The second-order valence-electron chi connectivity index (χ2n) is 8.50. The molecule has 168 valence electrons. The van der Waals surface area contributed by atoms with E-state index in [0.29, 0.717) is 37.4 Å². The highest BCUT2D eigenvalue weighted by Gasteiger charge is 2.51. The lowest BCUT2D eigenvalue weighted by atomic mass is 9.74. The summed E-state index contributed by atoms with van der Waals surface area (Å²) in [6, 6.07) is 5.26. The van der Waals surface area contributed by atoms with E-state index in [1.807, 2.05) is 0 Å². The number of aliphatic hydroxyl groups excluding tert-OH is 1. The molecule has 4 rings (SSSR count). The predicted molar refractivity (Wildman–Crippen MR) is 109 cm³/mol. The van der Waals surface area contributed by atoms with Gasteiger partial charge in [0.1, 0.15) is 5.69 Å². The van der Waals surface area contributed by atoms with Crippen molar-refractivity contribution >= 4 is 11.6 Å². The van der Waals surface area contributed by atoms with Gasteiger partial charge in [0.15, 0.2) is 0 Å². The largest absolute Gasteiger partial charge is 0.417 e. The number of carbonyl (C=O) groups is 1. The Bertz CT molecular complexity index is 1070. The zero-order valence-electron chi connectivity index (χ0n) is 17.4. The van der Waals surface area contributed by atoms with Gasteiger partial charge >= 0.3 is 6.18 Å². The van der Waals surface area contributed by atoms with Gasteiger partial charge in [0, 0.05) is 43.5 Å². The first-order chi connectivity index (χ1) is 15.2. The molecule has 1 amide bonds. The highest BCUT2D eigenvalue weighted by molar-refractivity contribution is 5.92. The first kappa shape index (κ1) is 22.0. The van der Waals surface area contributed by atoms with Crippen molar-refractivity contribution in [2.75, 3.05) is 37.7 Å². The van der Waals surface area contributed by atoms with Crippen LogP contribution in [0.25, 0.3) is 0 Å². The molecular formula is C22H22F3N5O2. The van der Waals surface area contributed by atoms with E-state index in [9.17, 15) is 23.1 Å². The number of aryl methyl sites for hydroxylation is 1. The average molecular weight is 445 g/mol. The number of hydrogen-bond donors (Lipinski definition) is 1. The van der Waals surface area contributed by atoms with E-state index in [1.54, 1.807) is 22.8 Å². The summed E-state index contributed by atoms with van der Waals surface area (Å²) < 4.78 is 40.2. The Hall–Kier alpha value is -3.19. The van der Waals surface area contributed by atoms with Crippen LogP contribution >= 0.6 is 0 Å². The number of alkyl halides is 3. The van der Waals surface area contributed by atoms with Crippen LogP contribution in [0.1, 0.15) is 33.7 Å². The molecule has 32 heavy (non-hydrogen) atoms. The molecule has 0 saturated carbocycles. The summed E-state index contributed by atoms with van der Waals surface area (Å²) in [4.78, 5) is 24.6. The van der Waals surface area contributed by atoms with E-state index in [-0.39, 0.29) is 30.7 Å². The van der Waals surface area contributed by atoms with Gasteiger partial charge in [-0.15, -0.1) is 0 Å². The standard InChI is InChI=1S/C22H22F3N5O2/c1-14-8-28-19(9-27-14)20(32)30-10-16-4-5-29(11-21(16,12-30)13-31)17-3-2-15(7-26)18(6-17)22(23,24)25/h2-3,6,8-9,16,31H,4-5,10-13H2,1H3/t16-,21+/m1/s1. The summed E-state index contributed by atoms with van der Waals surface area (Å²) in [5.41, 5.74) is -0.792. The third-order valence-electron chi connectivity index (χ3n) is 6.46. The smallest absolute Gasteiger partial charge is 0.396 e. The minimum Gasteiger partial charge on any atom is -0.396 e. The number of likely N-dealkylation sites (tertiary alicyclic amines) is 1. The van der Waals surface area contributed by atoms with Gasteiger partial charge in [-0.3, -0.25) is 9.78 Å². The first-order valence-electron chi connectivity index (χ1n) is 10.2. The van der Waals surface area contributed by atoms with Crippen LogP contribution in [0, 0.1) is 29.6 Å². The monoisotopic (exact) mass is 445 g/mol. The molecule has 0 spiro atoms. The van der Waals surface area contributed by atoms with E-state index < -0.39 is 22.7 Å². The van der Waals surface area contributed by atoms with Crippen LogP contribution in [0.3, 0.4) is 0 Å². The minimum atomic E-state index is -4.64. The molecule has 2 aliphatic rings. The molecule has 1 aromatic heterocycles. The summed E-state index contributed by atoms with van der Waals surface area (Å²) in [6.07, 6.45) is -1.08. The quantitative estimate of drug-likeness (QED) is 0.781. The Morgan fingerprint density at radius 3 is 2.72 bits per heavy atom. The van der Waals surface area contributed by atoms with Crippen molar-refractivity contribution in [3.8, 4) is 6.07 Å². The number of carbonyl (C=O) groups excluding carboxylic acids is 1. The molecule has 10 heteroatoms. The number of amides is 1. The topological polar surface area (TPSA) is 93.4 Å². The summed E-state index contributed by atoms with van der Waals surface area (Å²) in [6.45, 7) is 3.10. The predicted octanol–water partition coefficient (Wildman–Crippen LogP) is 2.64. The van der Waals surface area contributed by atoms with Gasteiger partial charge in [0.2, 0.25) is 0 Å². The van der Waals surface area contributed by atoms with Gasteiger partial charge in [-0.05, 0) is 37.5 Å². The second kappa shape index (κ2) is 8.06. The van der Waals surface area contributed by atoms with Gasteiger partial charge in [0.05, 0.1) is 35.7 Å². The van der Waals surface area contributed by atoms with Crippen LogP contribution in [0.2, 0.25) is 0 Å². The lowest BCUT2D eigenvalue weighted by Gasteiger charge is -2.44. The molecule has 2 atom stereocenters. The number of piperidine rings is 1. The molecule has 3 heterocycles. The molecule has 1 aromatic carbocycles. The van der Waals surface area contributed by atoms with Crippen LogP contribution in [0.15, 0.2) is 30.6 Å². The van der Waals surface area contributed by atoms with Gasteiger partial charge in [-0.25, -0.2) is 4.98 Å². The summed E-state index contributed by atoms with van der Waals surface area (Å²) >= 11 is 0. The Morgan fingerprint density at radius 2 is 2.09 bits per heavy atom. The van der Waals surface area contributed by atoms with Gasteiger partial charge in [0.25, 0.3) is 5.91 Å². The van der Waals surface area contributed by atoms with Gasteiger partial charge < -0.3 is 14.9 Å². The average Bonchev–Trinajstić information content (AvgIpc) is 3.17. The zero-order valence-corrected chi connectivity index (χ0v) is 17.4. The SMILES string of the molecule is Cc1cnc(C(=O)N2C[C@H]3CCN(c4ccc(C#N)c(C(F)(F)F)c4)C[C@@]3(CO)C2)cn1. The number of aromatic nitrogens is 2. The van der Waals surface area contributed by atoms with Crippen molar-refractivity contribution in [3.05, 3.63) is 53.1 Å². The Morgan fingerprint density at radius 1 is 1.31 bits per heavy atom. The normalized spacial score (nSPS) is 23.1. The second-order valence-corrected chi connectivity index (χ2v) is 8.50. The Balaban J connectivity index is 1.57. The van der Waals surface area contributed by atoms with E-state index in [4.69, 9.17) is 5.26 Å². The highest BCUT2D eigenvalue weighted by atomic mass is 19.4. The maximum atomic E-state index is 13.4. The van der Waals surface area contributed by atoms with Crippen LogP contribution in [-0.2, 0) is 6.18 Å². The molecular weight excluding hydrogens is 423 g/mol. The Labute approximate surface area is 183 Å². The van der Waals surface area contributed by atoms with Crippen molar-refractivity contribution in [3.63, 3.8) is 0 Å². The van der Waals surface area contributed by atoms with Crippen molar-refractivity contribution in [1.82, 2.24) is 14.9 Å². The number of nitrogens with zero attached hydrogens (tertiary/aromatic N) is 5. The maximum Gasteiger partial charge on any atom is 0.417 e. The van der Waals surface area contributed by atoms with Crippen molar-refractivity contribution in [1.29, 1.82) is 5.26 Å². The van der Waals surface area contributed by atoms with Crippen LogP contribution in [0.5, 0.6) is 0 Å².